The van der Waals surface area contributed by atoms with Gasteiger partial charge in [0.05, 0.1) is 16.8 Å². The first kappa shape index (κ1) is 12.3. The summed E-state index contributed by atoms with van der Waals surface area (Å²) in [6.45, 7) is 8.12. The minimum atomic E-state index is -0.331. The predicted molar refractivity (Wildman–Crippen MR) is 61.0 cm³/mol. The number of aromatic nitrogens is 2. The molecule has 15 heavy (non-hydrogen) atoms. The van der Waals surface area contributed by atoms with Crippen LogP contribution in [0.4, 0.5) is 0 Å². The fraction of sp³-hybridized carbons (Fsp3) is 0.700. The SMILES string of the molecule is C.CC1(C)OB(c2ccn[nH]2)OC1(C)C. The second kappa shape index (κ2) is 3.65. The van der Waals surface area contributed by atoms with Crippen molar-refractivity contribution in [2.24, 2.45) is 0 Å². The summed E-state index contributed by atoms with van der Waals surface area (Å²) in [5.41, 5.74) is 0.287. The maximum absolute atomic E-state index is 5.81. The average molecular weight is 210 g/mol. The van der Waals surface area contributed by atoms with Crippen molar-refractivity contribution in [1.29, 1.82) is 0 Å². The highest BCUT2D eigenvalue weighted by molar-refractivity contribution is 6.61. The topological polar surface area (TPSA) is 47.1 Å². The molecule has 0 unspecified atom stereocenters. The van der Waals surface area contributed by atoms with E-state index in [0.29, 0.717) is 0 Å². The second-order valence-corrected chi connectivity index (χ2v) is 4.60. The van der Waals surface area contributed by atoms with Crippen LogP contribution in [0.2, 0.25) is 0 Å². The van der Waals surface area contributed by atoms with Crippen LogP contribution in [0.1, 0.15) is 35.1 Å². The van der Waals surface area contributed by atoms with Gasteiger partial charge in [-0.15, -0.1) is 0 Å². The summed E-state index contributed by atoms with van der Waals surface area (Å²) in [4.78, 5) is 0. The molecule has 0 saturated carbocycles. The van der Waals surface area contributed by atoms with E-state index in [1.165, 1.54) is 0 Å². The first-order valence-corrected chi connectivity index (χ1v) is 4.77. The molecule has 4 nitrogen and oxygen atoms in total. The van der Waals surface area contributed by atoms with Crippen molar-refractivity contribution in [3.05, 3.63) is 12.3 Å². The molecule has 0 amide bonds. The Hall–Kier alpha value is -0.805. The number of H-pyrrole nitrogens is 1. The molecule has 0 radical (unpaired) electrons. The molecule has 1 N–H and O–H groups in total. The highest BCUT2D eigenvalue weighted by Crippen LogP contribution is 2.36. The number of nitrogens with one attached hydrogen (secondary N) is 1. The van der Waals surface area contributed by atoms with Crippen LogP contribution in [0.15, 0.2) is 12.3 Å². The standard InChI is InChI=1S/C9H15BN2O2.CH4/c1-8(2)9(3,4)14-10(13-8)7-5-6-11-12-7;/h5-6H,1-4H3,(H,11,12);1H4. The molecule has 84 valence electrons. The van der Waals surface area contributed by atoms with E-state index in [1.54, 1.807) is 6.20 Å². The van der Waals surface area contributed by atoms with Crippen LogP contribution >= 0.6 is 0 Å². The molecule has 1 aliphatic rings. The Morgan fingerprint density at radius 1 is 1.20 bits per heavy atom. The van der Waals surface area contributed by atoms with Gasteiger partial charge in [-0.3, -0.25) is 5.10 Å². The minimum Gasteiger partial charge on any atom is -0.398 e. The average Bonchev–Trinajstić information content (AvgIpc) is 2.58. The lowest BCUT2D eigenvalue weighted by Crippen LogP contribution is -2.41. The molecule has 0 spiro atoms. The van der Waals surface area contributed by atoms with E-state index < -0.39 is 0 Å². The highest BCUT2D eigenvalue weighted by Gasteiger charge is 2.52. The lowest BCUT2D eigenvalue weighted by atomic mass is 9.85. The first-order chi connectivity index (χ1) is 6.42. The predicted octanol–water partition coefficient (Wildman–Crippen LogP) is 1.34. The van der Waals surface area contributed by atoms with Gasteiger partial charge in [-0.25, -0.2) is 0 Å². The van der Waals surface area contributed by atoms with Gasteiger partial charge in [-0.05, 0) is 33.8 Å². The quantitative estimate of drug-likeness (QED) is 0.711. The van der Waals surface area contributed by atoms with E-state index in [4.69, 9.17) is 9.31 Å². The molecule has 0 aromatic carbocycles. The van der Waals surface area contributed by atoms with E-state index in [1.807, 2.05) is 33.8 Å². The summed E-state index contributed by atoms with van der Waals surface area (Å²) in [7, 11) is -0.331. The van der Waals surface area contributed by atoms with Crippen LogP contribution in [-0.4, -0.2) is 28.5 Å². The molecule has 0 aliphatic carbocycles. The molecule has 1 aromatic heterocycles. The van der Waals surface area contributed by atoms with E-state index >= 15 is 0 Å². The second-order valence-electron chi connectivity index (χ2n) is 4.60. The van der Waals surface area contributed by atoms with Gasteiger partial charge in [0, 0.05) is 6.20 Å². The van der Waals surface area contributed by atoms with Crippen molar-refractivity contribution in [1.82, 2.24) is 10.2 Å². The van der Waals surface area contributed by atoms with Gasteiger partial charge in [0.2, 0.25) is 0 Å². The molecule has 2 rings (SSSR count). The number of hydrogen-bond donors (Lipinski definition) is 1. The first-order valence-electron chi connectivity index (χ1n) is 4.77. The Morgan fingerprint density at radius 3 is 2.13 bits per heavy atom. The lowest BCUT2D eigenvalue weighted by molar-refractivity contribution is 0.00578. The van der Waals surface area contributed by atoms with Crippen molar-refractivity contribution >= 4 is 12.7 Å². The van der Waals surface area contributed by atoms with Gasteiger partial charge < -0.3 is 9.31 Å². The third-order valence-electron chi connectivity index (χ3n) is 3.03. The Labute approximate surface area is 91.5 Å². The molecule has 1 fully saturated rings. The van der Waals surface area contributed by atoms with Gasteiger partial charge in [-0.2, -0.15) is 5.10 Å². The third-order valence-corrected chi connectivity index (χ3v) is 3.03. The Kier molecular flexibility index (Phi) is 2.98. The number of aromatic amines is 1. The molecule has 1 aromatic rings. The minimum absolute atomic E-state index is 0. The van der Waals surface area contributed by atoms with Gasteiger partial charge in [0.15, 0.2) is 0 Å². The zero-order valence-corrected chi connectivity index (χ0v) is 9.00. The smallest absolute Gasteiger partial charge is 0.398 e. The number of rotatable bonds is 1. The summed E-state index contributed by atoms with van der Waals surface area (Å²) >= 11 is 0. The summed E-state index contributed by atoms with van der Waals surface area (Å²) < 4.78 is 11.6. The molecule has 2 heterocycles. The van der Waals surface area contributed by atoms with Crippen molar-refractivity contribution in [2.45, 2.75) is 46.3 Å². The Morgan fingerprint density at radius 2 is 1.73 bits per heavy atom. The van der Waals surface area contributed by atoms with E-state index in [9.17, 15) is 0 Å². The zero-order valence-electron chi connectivity index (χ0n) is 9.00. The van der Waals surface area contributed by atoms with Crippen LogP contribution in [-0.2, 0) is 9.31 Å². The van der Waals surface area contributed by atoms with Gasteiger partial charge in [0.25, 0.3) is 0 Å². The van der Waals surface area contributed by atoms with Gasteiger partial charge in [-0.1, -0.05) is 7.43 Å². The maximum atomic E-state index is 5.81. The van der Waals surface area contributed by atoms with Crippen LogP contribution in [0.25, 0.3) is 0 Å². The van der Waals surface area contributed by atoms with Crippen molar-refractivity contribution in [3.8, 4) is 0 Å². The monoisotopic (exact) mass is 210 g/mol. The zero-order chi connectivity index (χ0) is 10.4. The summed E-state index contributed by atoms with van der Waals surface area (Å²) in [5.74, 6) is 0. The van der Waals surface area contributed by atoms with Crippen LogP contribution in [0.3, 0.4) is 0 Å². The fourth-order valence-corrected chi connectivity index (χ4v) is 1.37. The van der Waals surface area contributed by atoms with Crippen molar-refractivity contribution < 1.29 is 9.31 Å². The van der Waals surface area contributed by atoms with Gasteiger partial charge in [0.1, 0.15) is 0 Å². The summed E-state index contributed by atoms with van der Waals surface area (Å²) in [6.07, 6.45) is 1.69. The van der Waals surface area contributed by atoms with E-state index in [-0.39, 0.29) is 25.7 Å². The molecule has 0 atom stereocenters. The maximum Gasteiger partial charge on any atom is 0.513 e. The molecule has 0 bridgehead atoms. The van der Waals surface area contributed by atoms with Crippen molar-refractivity contribution in [2.75, 3.05) is 0 Å². The molecule has 1 aliphatic heterocycles. The Bertz CT molecular complexity index is 306. The number of nitrogens with zero attached hydrogens (tertiary/aromatic N) is 1. The molecular formula is C10H19BN2O2. The summed E-state index contributed by atoms with van der Waals surface area (Å²) in [6, 6.07) is 1.86. The van der Waals surface area contributed by atoms with Gasteiger partial charge >= 0.3 is 7.12 Å². The normalized spacial score (nSPS) is 22.5. The molecule has 5 heteroatoms. The summed E-state index contributed by atoms with van der Waals surface area (Å²) in [5, 5.41) is 6.73. The third kappa shape index (κ3) is 1.94. The van der Waals surface area contributed by atoms with Crippen LogP contribution in [0, 0.1) is 0 Å². The van der Waals surface area contributed by atoms with E-state index in [2.05, 4.69) is 10.2 Å². The van der Waals surface area contributed by atoms with E-state index in [0.717, 1.165) is 5.59 Å². The Balaban J connectivity index is 0.00000112. The fourth-order valence-electron chi connectivity index (χ4n) is 1.37. The molecular weight excluding hydrogens is 191 g/mol. The lowest BCUT2D eigenvalue weighted by Gasteiger charge is -2.32. The highest BCUT2D eigenvalue weighted by atomic mass is 16.7. The largest absolute Gasteiger partial charge is 0.513 e. The molecule has 1 saturated heterocycles. The number of hydrogen-bond acceptors (Lipinski definition) is 3. The van der Waals surface area contributed by atoms with Crippen LogP contribution < -0.4 is 5.59 Å². The van der Waals surface area contributed by atoms with Crippen LogP contribution in [0.5, 0.6) is 0 Å². The van der Waals surface area contributed by atoms with Crippen molar-refractivity contribution in [3.63, 3.8) is 0 Å².